The van der Waals surface area contributed by atoms with Crippen molar-refractivity contribution >= 4 is 71.5 Å². The first-order valence-electron chi connectivity index (χ1n) is 21.1. The second-order valence-corrected chi connectivity index (χ2v) is 16.0. The molecule has 1 atom stereocenters. The summed E-state index contributed by atoms with van der Waals surface area (Å²) in [5.41, 5.74) is 14.7. The van der Waals surface area contributed by atoms with Gasteiger partial charge < -0.3 is 13.9 Å². The monoisotopic (exact) mass is 780 g/mol. The van der Waals surface area contributed by atoms with Crippen molar-refractivity contribution in [2.45, 2.75) is 12.5 Å². The third kappa shape index (κ3) is 5.89. The molecule has 0 aliphatic heterocycles. The molecule has 0 saturated carbocycles. The SMILES string of the molecule is C1=CC(N(c2ccc(-c3ccccc3-n3c4ccccc4c4ccccc43)cc2)c2ccccc2-c2cccc3c2oc2ccccc23)CC=C1c1ccc2ccccc2c1. The number of aromatic nitrogens is 1. The first-order valence-corrected chi connectivity index (χ1v) is 21.1. The highest BCUT2D eigenvalue weighted by atomic mass is 16.3. The molecule has 288 valence electrons. The fraction of sp³-hybridized carbons (Fsp3) is 0.0345. The van der Waals surface area contributed by atoms with E-state index in [1.54, 1.807) is 0 Å². The third-order valence-corrected chi connectivity index (χ3v) is 12.5. The van der Waals surface area contributed by atoms with Crippen LogP contribution < -0.4 is 4.90 Å². The predicted molar refractivity (Wildman–Crippen MR) is 257 cm³/mol. The van der Waals surface area contributed by atoms with Crippen LogP contribution in [0.25, 0.3) is 88.0 Å². The van der Waals surface area contributed by atoms with Gasteiger partial charge in [-0.3, -0.25) is 0 Å². The third-order valence-electron chi connectivity index (χ3n) is 12.5. The summed E-state index contributed by atoms with van der Waals surface area (Å²) in [5.74, 6) is 0. The van der Waals surface area contributed by atoms with Crippen LogP contribution in [-0.2, 0) is 0 Å². The molecule has 1 aliphatic carbocycles. The maximum absolute atomic E-state index is 6.63. The topological polar surface area (TPSA) is 21.3 Å². The number of rotatable bonds is 7. The lowest BCUT2D eigenvalue weighted by Gasteiger charge is -2.35. The van der Waals surface area contributed by atoms with Gasteiger partial charge in [-0.2, -0.15) is 0 Å². The molecule has 11 aromatic rings. The number of hydrogen-bond donors (Lipinski definition) is 0. The molecule has 1 aliphatic rings. The van der Waals surface area contributed by atoms with Crippen LogP contribution in [0.5, 0.6) is 0 Å². The van der Waals surface area contributed by atoms with Gasteiger partial charge in [0.1, 0.15) is 11.2 Å². The minimum absolute atomic E-state index is 0.0657. The van der Waals surface area contributed by atoms with Gasteiger partial charge in [-0.05, 0) is 82.4 Å². The molecule has 3 nitrogen and oxygen atoms in total. The molecule has 1 unspecified atom stereocenters. The highest BCUT2D eigenvalue weighted by Crippen LogP contribution is 2.44. The van der Waals surface area contributed by atoms with Gasteiger partial charge in [0, 0.05) is 49.6 Å². The molecule has 2 aromatic heterocycles. The van der Waals surface area contributed by atoms with E-state index < -0.39 is 0 Å². The van der Waals surface area contributed by atoms with Crippen molar-refractivity contribution in [1.82, 2.24) is 4.57 Å². The number of fused-ring (bicyclic) bond motifs is 7. The minimum atomic E-state index is 0.0657. The van der Waals surface area contributed by atoms with Crippen LogP contribution in [0.2, 0.25) is 0 Å². The summed E-state index contributed by atoms with van der Waals surface area (Å²) in [5, 5.41) is 7.29. The summed E-state index contributed by atoms with van der Waals surface area (Å²) in [4.78, 5) is 2.52. The zero-order valence-corrected chi connectivity index (χ0v) is 33.4. The number of furan rings is 1. The van der Waals surface area contributed by atoms with Crippen molar-refractivity contribution < 1.29 is 4.42 Å². The van der Waals surface area contributed by atoms with Gasteiger partial charge in [-0.1, -0.05) is 176 Å². The van der Waals surface area contributed by atoms with E-state index in [2.05, 4.69) is 228 Å². The molecule has 0 saturated heterocycles. The van der Waals surface area contributed by atoms with Gasteiger partial charge in [0.2, 0.25) is 0 Å². The van der Waals surface area contributed by atoms with E-state index >= 15 is 0 Å². The summed E-state index contributed by atoms with van der Waals surface area (Å²) < 4.78 is 9.05. The van der Waals surface area contributed by atoms with E-state index in [9.17, 15) is 0 Å². The second-order valence-electron chi connectivity index (χ2n) is 16.0. The van der Waals surface area contributed by atoms with Gasteiger partial charge in [0.15, 0.2) is 0 Å². The van der Waals surface area contributed by atoms with E-state index in [4.69, 9.17) is 4.42 Å². The maximum Gasteiger partial charge on any atom is 0.143 e. The molecule has 0 amide bonds. The minimum Gasteiger partial charge on any atom is -0.455 e. The molecule has 0 fully saturated rings. The lowest BCUT2D eigenvalue weighted by Crippen LogP contribution is -2.30. The van der Waals surface area contributed by atoms with Crippen LogP contribution in [0.3, 0.4) is 0 Å². The van der Waals surface area contributed by atoms with E-state index in [-0.39, 0.29) is 6.04 Å². The molecular formula is C58H40N2O. The molecule has 0 bridgehead atoms. The van der Waals surface area contributed by atoms with Gasteiger partial charge in [0.25, 0.3) is 0 Å². The number of hydrogen-bond acceptors (Lipinski definition) is 2. The standard InChI is InChI=1S/C58H40N2O/c1-2-15-42-38-43(29-28-39(42)14-1)40-30-34-44(35-31-40)59(54-24-9-6-19-49(54)51-21-13-22-52-50-20-7-12-27-57(50)61-58(51)52)45-36-32-41(33-37-45)46-16-3-8-23-53(46)60-55-25-10-4-17-47(55)48-18-5-11-26-56(48)60/h1-34,36-38,44H,35H2. The highest BCUT2D eigenvalue weighted by Gasteiger charge is 2.25. The summed E-state index contributed by atoms with van der Waals surface area (Å²) in [6, 6.07) is 74.5. The van der Waals surface area contributed by atoms with Crippen LogP contribution in [-0.4, -0.2) is 10.6 Å². The Hall–Kier alpha value is -7.88. The fourth-order valence-electron chi connectivity index (χ4n) is 9.66. The Labute approximate surface area is 354 Å². The smallest absolute Gasteiger partial charge is 0.143 e. The average molecular weight is 781 g/mol. The number of para-hydroxylation sites is 6. The summed E-state index contributed by atoms with van der Waals surface area (Å²) in [7, 11) is 0. The summed E-state index contributed by atoms with van der Waals surface area (Å²) >= 11 is 0. The van der Waals surface area contributed by atoms with Gasteiger partial charge >= 0.3 is 0 Å². The molecule has 12 rings (SSSR count). The summed E-state index contributed by atoms with van der Waals surface area (Å²) in [6.07, 6.45) is 7.94. The molecule has 61 heavy (non-hydrogen) atoms. The summed E-state index contributed by atoms with van der Waals surface area (Å²) in [6.45, 7) is 0. The molecule has 0 radical (unpaired) electrons. The predicted octanol–water partition coefficient (Wildman–Crippen LogP) is 15.7. The van der Waals surface area contributed by atoms with Crippen molar-refractivity contribution in [3.8, 4) is 27.9 Å². The van der Waals surface area contributed by atoms with Gasteiger partial charge in [-0.25, -0.2) is 0 Å². The molecule has 0 spiro atoms. The van der Waals surface area contributed by atoms with Crippen LogP contribution in [0.15, 0.2) is 229 Å². The largest absolute Gasteiger partial charge is 0.455 e. The maximum atomic E-state index is 6.63. The number of anilines is 2. The average Bonchev–Trinajstić information content (AvgIpc) is 3.88. The Balaban J connectivity index is 0.982. The number of benzene rings is 9. The van der Waals surface area contributed by atoms with Crippen molar-refractivity contribution in [1.29, 1.82) is 0 Å². The van der Waals surface area contributed by atoms with E-state index in [0.717, 1.165) is 56.5 Å². The van der Waals surface area contributed by atoms with Gasteiger partial charge in [-0.15, -0.1) is 0 Å². The zero-order chi connectivity index (χ0) is 40.3. The van der Waals surface area contributed by atoms with Crippen molar-refractivity contribution in [2.75, 3.05) is 4.90 Å². The molecule has 3 heteroatoms. The Bertz CT molecular complexity index is 3470. The molecule has 0 N–H and O–H groups in total. The Morgan fingerprint density at radius 1 is 0.475 bits per heavy atom. The van der Waals surface area contributed by atoms with Gasteiger partial charge in [0.05, 0.1) is 22.8 Å². The molecular weight excluding hydrogens is 741 g/mol. The van der Waals surface area contributed by atoms with Crippen LogP contribution in [0.4, 0.5) is 11.4 Å². The number of nitrogens with zero attached hydrogens (tertiary/aromatic N) is 2. The van der Waals surface area contributed by atoms with E-state index in [1.807, 2.05) is 6.07 Å². The Morgan fingerprint density at radius 2 is 1.10 bits per heavy atom. The Kier molecular flexibility index (Phi) is 8.31. The van der Waals surface area contributed by atoms with Crippen molar-refractivity contribution in [2.24, 2.45) is 0 Å². The van der Waals surface area contributed by atoms with Crippen LogP contribution >= 0.6 is 0 Å². The lowest BCUT2D eigenvalue weighted by molar-refractivity contribution is 0.670. The second kappa shape index (κ2) is 14.4. The van der Waals surface area contributed by atoms with Crippen molar-refractivity contribution in [3.05, 3.63) is 230 Å². The molecule has 2 heterocycles. The number of allylic oxidation sites excluding steroid dienone is 2. The zero-order valence-electron chi connectivity index (χ0n) is 33.4. The normalized spacial score (nSPS) is 14.0. The van der Waals surface area contributed by atoms with Crippen molar-refractivity contribution in [3.63, 3.8) is 0 Å². The fourth-order valence-corrected chi connectivity index (χ4v) is 9.66. The van der Waals surface area contributed by atoms with E-state index in [1.165, 1.54) is 54.8 Å². The lowest BCUT2D eigenvalue weighted by atomic mass is 9.93. The highest BCUT2D eigenvalue weighted by molar-refractivity contribution is 6.11. The Morgan fingerprint density at radius 3 is 1.89 bits per heavy atom. The van der Waals surface area contributed by atoms with Crippen LogP contribution in [0, 0.1) is 0 Å². The first-order chi connectivity index (χ1) is 30.3. The quantitative estimate of drug-likeness (QED) is 0.161. The first kappa shape index (κ1) is 35.1. The molecule has 9 aromatic carbocycles. The van der Waals surface area contributed by atoms with Crippen LogP contribution in [0.1, 0.15) is 12.0 Å². The van der Waals surface area contributed by atoms with E-state index in [0.29, 0.717) is 0 Å².